The molecule has 0 radical (unpaired) electrons. The van der Waals surface area contributed by atoms with Crippen LogP contribution in [0.25, 0.3) is 0 Å². The first-order valence-corrected chi connectivity index (χ1v) is 5.57. The highest BCUT2D eigenvalue weighted by molar-refractivity contribution is 6.30. The lowest BCUT2D eigenvalue weighted by Gasteiger charge is -2.19. The summed E-state index contributed by atoms with van der Waals surface area (Å²) < 4.78 is 0. The Kier molecular flexibility index (Phi) is 3.01. The van der Waals surface area contributed by atoms with E-state index in [1.165, 1.54) is 5.56 Å². The number of hydrogen-bond acceptors (Lipinski definition) is 2. The number of hydrogen-bond donors (Lipinski definition) is 1. The maximum Gasteiger partial charge on any atom is 0.0836 e. The summed E-state index contributed by atoms with van der Waals surface area (Å²) in [6.07, 6.45) is 0.590. The van der Waals surface area contributed by atoms with Gasteiger partial charge in [-0.2, -0.15) is 0 Å². The monoisotopic (exact) mass is 225 g/mol. The van der Waals surface area contributed by atoms with E-state index in [2.05, 4.69) is 4.90 Å². The first kappa shape index (κ1) is 10.9. The van der Waals surface area contributed by atoms with Crippen LogP contribution in [0.5, 0.6) is 0 Å². The smallest absolute Gasteiger partial charge is 0.0836 e. The van der Waals surface area contributed by atoms with Crippen LogP contribution in [0.15, 0.2) is 18.2 Å². The van der Waals surface area contributed by atoms with Gasteiger partial charge in [-0.15, -0.1) is 0 Å². The van der Waals surface area contributed by atoms with E-state index in [1.54, 1.807) is 0 Å². The number of aliphatic hydroxyl groups excluding tert-OH is 1. The molecule has 15 heavy (non-hydrogen) atoms. The molecule has 1 aliphatic rings. The highest BCUT2D eigenvalue weighted by Gasteiger charge is 2.31. The topological polar surface area (TPSA) is 23.5 Å². The predicted octanol–water partition coefficient (Wildman–Crippen LogP) is 2.11. The quantitative estimate of drug-likeness (QED) is 0.834. The van der Waals surface area contributed by atoms with Crippen molar-refractivity contribution in [3.8, 4) is 0 Å². The molecule has 0 saturated carbocycles. The Labute approximate surface area is 95.5 Å². The van der Waals surface area contributed by atoms with Gasteiger partial charge in [-0.3, -0.25) is 0 Å². The van der Waals surface area contributed by atoms with Crippen LogP contribution in [0.1, 0.15) is 17.2 Å². The third-order valence-electron chi connectivity index (χ3n) is 2.95. The molecule has 1 N–H and O–H groups in total. The summed E-state index contributed by atoms with van der Waals surface area (Å²) in [5, 5.41) is 10.8. The molecule has 0 aromatic heterocycles. The van der Waals surface area contributed by atoms with E-state index in [9.17, 15) is 5.11 Å². The first-order valence-electron chi connectivity index (χ1n) is 5.19. The zero-order valence-electron chi connectivity index (χ0n) is 9.07. The molecule has 1 aromatic carbocycles. The van der Waals surface area contributed by atoms with Gasteiger partial charge in [-0.05, 0) is 43.8 Å². The maximum atomic E-state index is 10.1. The highest BCUT2D eigenvalue weighted by Crippen LogP contribution is 2.37. The number of halogens is 1. The Morgan fingerprint density at radius 3 is 2.87 bits per heavy atom. The summed E-state index contributed by atoms with van der Waals surface area (Å²) in [4.78, 5) is 2.11. The minimum atomic E-state index is -0.360. The number of rotatable bonds is 2. The fourth-order valence-electron chi connectivity index (χ4n) is 2.31. The van der Waals surface area contributed by atoms with E-state index in [1.807, 2.05) is 32.3 Å². The van der Waals surface area contributed by atoms with Gasteiger partial charge in [-0.1, -0.05) is 17.7 Å². The Balaban J connectivity index is 2.22. The zero-order valence-corrected chi connectivity index (χ0v) is 9.83. The molecule has 0 unspecified atom stereocenters. The van der Waals surface area contributed by atoms with Crippen molar-refractivity contribution in [1.82, 2.24) is 4.90 Å². The molecule has 0 bridgehead atoms. The van der Waals surface area contributed by atoms with E-state index in [4.69, 9.17) is 11.6 Å². The number of nitrogens with zero attached hydrogens (tertiary/aromatic N) is 1. The molecule has 0 amide bonds. The van der Waals surface area contributed by atoms with Crippen molar-refractivity contribution in [2.75, 3.05) is 20.6 Å². The molecule has 2 rings (SSSR count). The van der Waals surface area contributed by atoms with E-state index < -0.39 is 0 Å². The lowest BCUT2D eigenvalue weighted by atomic mass is 10.0. The Morgan fingerprint density at radius 2 is 2.20 bits per heavy atom. The van der Waals surface area contributed by atoms with Gasteiger partial charge in [0, 0.05) is 17.5 Å². The SMILES string of the molecule is CN(C)C[C@@H]1Cc2ccc(Cl)cc2[C@@H]1O. The first-order chi connectivity index (χ1) is 7.08. The Morgan fingerprint density at radius 1 is 1.47 bits per heavy atom. The van der Waals surface area contributed by atoms with Crippen molar-refractivity contribution in [1.29, 1.82) is 0 Å². The molecule has 0 aliphatic heterocycles. The third kappa shape index (κ3) is 2.17. The molecule has 3 heteroatoms. The average Bonchev–Trinajstić information content (AvgIpc) is 2.44. The average molecular weight is 226 g/mol. The van der Waals surface area contributed by atoms with Crippen LogP contribution >= 0.6 is 11.6 Å². The second-order valence-electron chi connectivity index (χ2n) is 4.51. The van der Waals surface area contributed by atoms with Gasteiger partial charge in [0.1, 0.15) is 0 Å². The molecule has 1 aromatic rings. The predicted molar refractivity (Wildman–Crippen MR) is 62.2 cm³/mol. The van der Waals surface area contributed by atoms with E-state index in [0.29, 0.717) is 10.9 Å². The lowest BCUT2D eigenvalue weighted by molar-refractivity contribution is 0.105. The number of benzene rings is 1. The highest BCUT2D eigenvalue weighted by atomic mass is 35.5. The van der Waals surface area contributed by atoms with Crippen molar-refractivity contribution >= 4 is 11.6 Å². The van der Waals surface area contributed by atoms with Crippen molar-refractivity contribution in [3.63, 3.8) is 0 Å². The summed E-state index contributed by atoms with van der Waals surface area (Å²) in [5.41, 5.74) is 2.24. The molecule has 0 saturated heterocycles. The van der Waals surface area contributed by atoms with Gasteiger partial charge in [0.05, 0.1) is 6.10 Å². The van der Waals surface area contributed by atoms with Gasteiger partial charge < -0.3 is 10.0 Å². The summed E-state index contributed by atoms with van der Waals surface area (Å²) in [6.45, 7) is 0.910. The fourth-order valence-corrected chi connectivity index (χ4v) is 2.49. The lowest BCUT2D eigenvalue weighted by Crippen LogP contribution is -2.24. The molecule has 0 spiro atoms. The molecular weight excluding hydrogens is 210 g/mol. The molecular formula is C12H16ClNO. The van der Waals surface area contributed by atoms with Gasteiger partial charge in [0.25, 0.3) is 0 Å². The summed E-state index contributed by atoms with van der Waals surface area (Å²) in [7, 11) is 4.06. The molecule has 0 heterocycles. The molecule has 82 valence electrons. The van der Waals surface area contributed by atoms with Crippen molar-refractivity contribution < 1.29 is 5.11 Å². The van der Waals surface area contributed by atoms with Gasteiger partial charge in [0.15, 0.2) is 0 Å². The Hall–Kier alpha value is -0.570. The second-order valence-corrected chi connectivity index (χ2v) is 4.95. The zero-order chi connectivity index (χ0) is 11.0. The van der Waals surface area contributed by atoms with Crippen molar-refractivity contribution in [2.45, 2.75) is 12.5 Å². The summed E-state index contributed by atoms with van der Waals surface area (Å²) >= 11 is 5.92. The largest absolute Gasteiger partial charge is 0.388 e. The number of fused-ring (bicyclic) bond motifs is 1. The minimum Gasteiger partial charge on any atom is -0.388 e. The van der Waals surface area contributed by atoms with Crippen molar-refractivity contribution in [2.24, 2.45) is 5.92 Å². The summed E-state index contributed by atoms with van der Waals surface area (Å²) in [5.74, 6) is 0.300. The van der Waals surface area contributed by atoms with Gasteiger partial charge >= 0.3 is 0 Å². The standard InChI is InChI=1S/C12H16ClNO/c1-14(2)7-9-5-8-3-4-10(13)6-11(8)12(9)15/h3-4,6,9,12,15H,5,7H2,1-2H3/t9-,12+/m0/s1. The van der Waals surface area contributed by atoms with Crippen LogP contribution in [0.4, 0.5) is 0 Å². The number of aliphatic hydroxyl groups is 1. The van der Waals surface area contributed by atoms with Gasteiger partial charge in [0.2, 0.25) is 0 Å². The second kappa shape index (κ2) is 4.12. The normalized spacial score (nSPS) is 24.6. The van der Waals surface area contributed by atoms with Crippen molar-refractivity contribution in [3.05, 3.63) is 34.3 Å². The van der Waals surface area contributed by atoms with E-state index >= 15 is 0 Å². The van der Waals surface area contributed by atoms with E-state index in [0.717, 1.165) is 18.5 Å². The fraction of sp³-hybridized carbons (Fsp3) is 0.500. The molecule has 2 nitrogen and oxygen atoms in total. The van der Waals surface area contributed by atoms with Crippen LogP contribution in [-0.4, -0.2) is 30.6 Å². The van der Waals surface area contributed by atoms with Gasteiger partial charge in [-0.25, -0.2) is 0 Å². The van der Waals surface area contributed by atoms with E-state index in [-0.39, 0.29) is 6.10 Å². The minimum absolute atomic E-state index is 0.300. The van der Waals surface area contributed by atoms with Crippen LogP contribution in [-0.2, 0) is 6.42 Å². The maximum absolute atomic E-state index is 10.1. The Bertz CT molecular complexity index is 365. The van der Waals surface area contributed by atoms with Crippen LogP contribution in [0.3, 0.4) is 0 Å². The van der Waals surface area contributed by atoms with Crippen LogP contribution in [0, 0.1) is 5.92 Å². The van der Waals surface area contributed by atoms with Crippen LogP contribution in [0.2, 0.25) is 5.02 Å². The molecule has 0 fully saturated rings. The molecule has 1 aliphatic carbocycles. The third-order valence-corrected chi connectivity index (χ3v) is 3.19. The van der Waals surface area contributed by atoms with Crippen LogP contribution < -0.4 is 0 Å². The molecule has 2 atom stereocenters. The summed E-state index contributed by atoms with van der Waals surface area (Å²) in [6, 6.07) is 5.80.